The van der Waals surface area contributed by atoms with Crippen LogP contribution in [0.3, 0.4) is 0 Å². The summed E-state index contributed by atoms with van der Waals surface area (Å²) in [6.07, 6.45) is 11.6. The average Bonchev–Trinajstić information content (AvgIpc) is 2.28. The van der Waals surface area contributed by atoms with Crippen LogP contribution in [0, 0.1) is 29.6 Å². The largest absolute Gasteiger partial charge is 0.123 e. The van der Waals surface area contributed by atoms with Gasteiger partial charge in [0.15, 0.2) is 0 Å². The Morgan fingerprint density at radius 1 is 0.750 bits per heavy atom. The highest BCUT2D eigenvalue weighted by Gasteiger charge is 2.43. The third-order valence-electron chi connectivity index (χ3n) is 5.74. The molecule has 3 rings (SSSR count). The van der Waals surface area contributed by atoms with Crippen LogP contribution < -0.4 is 0 Å². The summed E-state index contributed by atoms with van der Waals surface area (Å²) >= 11 is 6.33. The molecule has 0 radical (unpaired) electrons. The molecule has 3 fully saturated rings. The van der Waals surface area contributed by atoms with E-state index >= 15 is 0 Å². The van der Waals surface area contributed by atoms with Crippen molar-refractivity contribution in [3.8, 4) is 0 Å². The van der Waals surface area contributed by atoms with E-state index in [1.165, 1.54) is 51.4 Å². The Kier molecular flexibility index (Phi) is 3.21. The number of hydrogen-bond acceptors (Lipinski definition) is 0. The van der Waals surface area contributed by atoms with Crippen LogP contribution in [-0.2, 0) is 0 Å². The van der Waals surface area contributed by atoms with Crippen LogP contribution in [0.1, 0.15) is 58.3 Å². The summed E-state index contributed by atoms with van der Waals surface area (Å²) in [5, 5.41) is 0.500. The molecular weight excluding hydrogens is 216 g/mol. The second-order valence-electron chi connectivity index (χ2n) is 6.75. The first-order valence-corrected chi connectivity index (χ1v) is 7.81. The molecule has 3 aliphatic rings. The summed E-state index contributed by atoms with van der Waals surface area (Å²) in [5.74, 6) is 5.21. The average molecular weight is 241 g/mol. The van der Waals surface area contributed by atoms with Gasteiger partial charge < -0.3 is 0 Å². The normalized spacial score (nSPS) is 52.9. The van der Waals surface area contributed by atoms with E-state index in [1.807, 2.05) is 0 Å². The zero-order valence-electron chi connectivity index (χ0n) is 10.5. The Hall–Kier alpha value is 0.290. The van der Waals surface area contributed by atoms with Crippen molar-refractivity contribution in [1.82, 2.24) is 0 Å². The molecule has 0 spiro atoms. The molecule has 0 nitrogen and oxygen atoms in total. The molecular formula is C15H25Cl. The summed E-state index contributed by atoms with van der Waals surface area (Å²) in [7, 11) is 0. The van der Waals surface area contributed by atoms with E-state index in [0.717, 1.165) is 29.6 Å². The summed E-state index contributed by atoms with van der Waals surface area (Å²) in [4.78, 5) is 0. The van der Waals surface area contributed by atoms with Crippen LogP contribution in [0.15, 0.2) is 0 Å². The molecule has 0 heterocycles. The van der Waals surface area contributed by atoms with E-state index in [1.54, 1.807) is 0 Å². The van der Waals surface area contributed by atoms with Gasteiger partial charge in [-0.1, -0.05) is 13.3 Å². The lowest BCUT2D eigenvalue weighted by atomic mass is 9.56. The predicted molar refractivity (Wildman–Crippen MR) is 69.7 cm³/mol. The van der Waals surface area contributed by atoms with Gasteiger partial charge in [-0.3, -0.25) is 0 Å². The van der Waals surface area contributed by atoms with Gasteiger partial charge >= 0.3 is 0 Å². The highest BCUT2D eigenvalue weighted by atomic mass is 35.5. The van der Waals surface area contributed by atoms with Gasteiger partial charge in [0.05, 0.1) is 0 Å². The summed E-state index contributed by atoms with van der Waals surface area (Å²) < 4.78 is 0. The summed E-state index contributed by atoms with van der Waals surface area (Å²) in [6.45, 7) is 2.46. The molecule has 4 unspecified atom stereocenters. The molecule has 0 aromatic rings. The van der Waals surface area contributed by atoms with E-state index in [9.17, 15) is 0 Å². The Labute approximate surface area is 105 Å². The van der Waals surface area contributed by atoms with Gasteiger partial charge in [-0.15, -0.1) is 11.6 Å². The molecule has 3 aliphatic carbocycles. The van der Waals surface area contributed by atoms with Gasteiger partial charge in [0.25, 0.3) is 0 Å². The maximum absolute atomic E-state index is 6.33. The number of fused-ring (bicyclic) bond motifs is 3. The van der Waals surface area contributed by atoms with Crippen LogP contribution in [0.5, 0.6) is 0 Å². The number of hydrogen-bond donors (Lipinski definition) is 0. The minimum Gasteiger partial charge on any atom is -0.123 e. The van der Waals surface area contributed by atoms with E-state index in [0.29, 0.717) is 5.38 Å². The lowest BCUT2D eigenvalue weighted by Crippen LogP contribution is -2.41. The van der Waals surface area contributed by atoms with Crippen molar-refractivity contribution in [3.05, 3.63) is 0 Å². The minimum atomic E-state index is 0.500. The van der Waals surface area contributed by atoms with Crippen molar-refractivity contribution < 1.29 is 0 Å². The molecule has 0 aromatic carbocycles. The van der Waals surface area contributed by atoms with Gasteiger partial charge in [-0.25, -0.2) is 0 Å². The maximum Gasteiger partial charge on any atom is 0.0338 e. The molecule has 3 saturated carbocycles. The van der Waals surface area contributed by atoms with Crippen LogP contribution in [0.25, 0.3) is 0 Å². The predicted octanol–water partition coefficient (Wildman–Crippen LogP) is 4.86. The fourth-order valence-corrected chi connectivity index (χ4v) is 5.33. The van der Waals surface area contributed by atoms with Crippen molar-refractivity contribution in [2.45, 2.75) is 63.7 Å². The molecule has 0 aromatic heterocycles. The van der Waals surface area contributed by atoms with Crippen LogP contribution >= 0.6 is 11.6 Å². The van der Waals surface area contributed by atoms with Crippen LogP contribution in [0.2, 0.25) is 0 Å². The Morgan fingerprint density at radius 3 is 2.12 bits per heavy atom. The second kappa shape index (κ2) is 4.52. The first-order chi connectivity index (χ1) is 7.74. The molecule has 0 aliphatic heterocycles. The zero-order chi connectivity index (χ0) is 11.1. The maximum atomic E-state index is 6.33. The van der Waals surface area contributed by atoms with Crippen molar-refractivity contribution in [2.75, 3.05) is 0 Å². The monoisotopic (exact) mass is 240 g/mol. The van der Waals surface area contributed by atoms with Gasteiger partial charge in [-0.05, 0) is 74.5 Å². The van der Waals surface area contributed by atoms with Gasteiger partial charge in [-0.2, -0.15) is 0 Å². The molecule has 16 heavy (non-hydrogen) atoms. The third-order valence-corrected chi connectivity index (χ3v) is 6.14. The third kappa shape index (κ3) is 2.03. The molecule has 6 atom stereocenters. The van der Waals surface area contributed by atoms with Gasteiger partial charge in [0, 0.05) is 5.38 Å². The van der Waals surface area contributed by atoms with Crippen LogP contribution in [-0.4, -0.2) is 5.38 Å². The van der Waals surface area contributed by atoms with Crippen molar-refractivity contribution in [3.63, 3.8) is 0 Å². The smallest absolute Gasteiger partial charge is 0.0338 e. The van der Waals surface area contributed by atoms with Gasteiger partial charge in [0.1, 0.15) is 0 Å². The molecule has 0 bridgehead atoms. The zero-order valence-corrected chi connectivity index (χ0v) is 11.3. The number of rotatable bonds is 0. The van der Waals surface area contributed by atoms with Crippen molar-refractivity contribution in [1.29, 1.82) is 0 Å². The molecule has 1 heteroatoms. The highest BCUT2D eigenvalue weighted by Crippen LogP contribution is 2.52. The van der Waals surface area contributed by atoms with E-state index in [2.05, 4.69) is 6.92 Å². The molecule has 0 N–H and O–H groups in total. The molecule has 0 amide bonds. The van der Waals surface area contributed by atoms with E-state index in [4.69, 9.17) is 11.6 Å². The van der Waals surface area contributed by atoms with Gasteiger partial charge in [0.2, 0.25) is 0 Å². The SMILES string of the molecule is C[C@@H]1CCC2C(CCC3C[C@H](Cl)CCC32)C1. The summed E-state index contributed by atoms with van der Waals surface area (Å²) in [6, 6.07) is 0. The fraction of sp³-hybridized carbons (Fsp3) is 1.00. The quantitative estimate of drug-likeness (QED) is 0.531. The standard InChI is InChI=1S/C15H25Cl/c1-10-2-6-14-11(8-10)3-4-12-9-13(16)5-7-15(12)14/h10-15H,2-9H2,1H3/t10-,11?,12?,13-,14?,15?/m1/s1. The molecule has 0 saturated heterocycles. The lowest BCUT2D eigenvalue weighted by Gasteiger charge is -2.50. The highest BCUT2D eigenvalue weighted by molar-refractivity contribution is 6.20. The Morgan fingerprint density at radius 2 is 1.38 bits per heavy atom. The topological polar surface area (TPSA) is 0 Å². The second-order valence-corrected chi connectivity index (χ2v) is 7.37. The van der Waals surface area contributed by atoms with E-state index in [-0.39, 0.29) is 0 Å². The fourth-order valence-electron chi connectivity index (χ4n) is 4.97. The number of alkyl halides is 1. The van der Waals surface area contributed by atoms with Crippen LogP contribution in [0.4, 0.5) is 0 Å². The first kappa shape index (κ1) is 11.4. The number of halogens is 1. The van der Waals surface area contributed by atoms with Crippen molar-refractivity contribution >= 4 is 11.6 Å². The van der Waals surface area contributed by atoms with Crippen molar-refractivity contribution in [2.24, 2.45) is 29.6 Å². The first-order valence-electron chi connectivity index (χ1n) is 7.38. The Balaban J connectivity index is 1.71. The minimum absolute atomic E-state index is 0.500. The summed E-state index contributed by atoms with van der Waals surface area (Å²) in [5.41, 5.74) is 0. The molecule has 92 valence electrons. The van der Waals surface area contributed by atoms with E-state index < -0.39 is 0 Å². The lowest BCUT2D eigenvalue weighted by molar-refractivity contribution is 0.0154. The Bertz CT molecular complexity index is 224.